The fourth-order valence-electron chi connectivity index (χ4n) is 1.33. The zero-order valence-corrected chi connectivity index (χ0v) is 9.34. The van der Waals surface area contributed by atoms with Crippen LogP contribution in [0.25, 0.3) is 0 Å². The fourth-order valence-corrected chi connectivity index (χ4v) is 1.54. The fraction of sp³-hybridized carbons (Fsp3) is 0.364. The van der Waals surface area contributed by atoms with E-state index in [1.54, 1.807) is 0 Å². The summed E-state index contributed by atoms with van der Waals surface area (Å²) in [5.41, 5.74) is 13.2. The van der Waals surface area contributed by atoms with Gasteiger partial charge in [0, 0.05) is 11.6 Å². The van der Waals surface area contributed by atoms with E-state index in [4.69, 9.17) is 23.7 Å². The van der Waals surface area contributed by atoms with Crippen molar-refractivity contribution in [1.29, 1.82) is 0 Å². The second-order valence-electron chi connectivity index (χ2n) is 3.65. The average molecular weight is 208 g/mol. The van der Waals surface area contributed by atoms with Gasteiger partial charge < -0.3 is 11.5 Å². The summed E-state index contributed by atoms with van der Waals surface area (Å²) in [6, 6.07) is 7.85. The minimum Gasteiger partial charge on any atom is -0.399 e. The average Bonchev–Trinajstić information content (AvgIpc) is 2.16. The number of nitrogens with two attached hydrogens (primary N) is 2. The van der Waals surface area contributed by atoms with E-state index in [0.29, 0.717) is 10.9 Å². The summed E-state index contributed by atoms with van der Waals surface area (Å²) in [7, 11) is 0. The zero-order valence-electron chi connectivity index (χ0n) is 8.53. The summed E-state index contributed by atoms with van der Waals surface area (Å²) >= 11 is 4.97. The van der Waals surface area contributed by atoms with Crippen molar-refractivity contribution in [3.63, 3.8) is 0 Å². The molecular weight excluding hydrogens is 192 g/mol. The quantitative estimate of drug-likeness (QED) is 0.592. The van der Waals surface area contributed by atoms with Gasteiger partial charge in [-0.3, -0.25) is 0 Å². The molecule has 1 rings (SSSR count). The highest BCUT2D eigenvalue weighted by Gasteiger charge is 2.16. The first kappa shape index (κ1) is 11.0. The third-order valence-corrected chi connectivity index (χ3v) is 3.03. The van der Waals surface area contributed by atoms with E-state index in [-0.39, 0.29) is 5.92 Å². The third kappa shape index (κ3) is 2.45. The molecule has 0 aliphatic carbocycles. The zero-order chi connectivity index (χ0) is 10.7. The molecule has 1 aromatic rings. The maximum atomic E-state index is 5.61. The molecule has 0 heterocycles. The second kappa shape index (κ2) is 4.42. The lowest BCUT2D eigenvalue weighted by atomic mass is 9.89. The Morgan fingerprint density at radius 1 is 1.21 bits per heavy atom. The lowest BCUT2D eigenvalue weighted by Gasteiger charge is -2.19. The van der Waals surface area contributed by atoms with Crippen LogP contribution in [0, 0.1) is 5.92 Å². The molecule has 0 amide bonds. The highest BCUT2D eigenvalue weighted by atomic mass is 32.1. The molecule has 2 atom stereocenters. The van der Waals surface area contributed by atoms with Gasteiger partial charge in [-0.25, -0.2) is 0 Å². The molecule has 2 nitrogen and oxygen atoms in total. The maximum absolute atomic E-state index is 5.61. The second-order valence-corrected chi connectivity index (χ2v) is 4.12. The largest absolute Gasteiger partial charge is 0.399 e. The Hall–Kier alpha value is -1.09. The molecule has 3 heteroatoms. The van der Waals surface area contributed by atoms with Gasteiger partial charge in [-0.15, -0.1) is 0 Å². The maximum Gasteiger partial charge on any atom is 0.0761 e. The topological polar surface area (TPSA) is 52.0 Å². The minimum atomic E-state index is 0.216. The lowest BCUT2D eigenvalue weighted by molar-refractivity contribution is 0.627. The van der Waals surface area contributed by atoms with Crippen LogP contribution in [0.1, 0.15) is 25.3 Å². The smallest absolute Gasteiger partial charge is 0.0761 e. The molecule has 0 spiro atoms. The summed E-state index contributed by atoms with van der Waals surface area (Å²) in [4.78, 5) is 0.564. The summed E-state index contributed by atoms with van der Waals surface area (Å²) in [5, 5.41) is 0. The molecule has 0 aromatic heterocycles. The van der Waals surface area contributed by atoms with Crippen LogP contribution in [-0.4, -0.2) is 4.99 Å². The Bertz CT molecular complexity index is 319. The predicted molar refractivity (Wildman–Crippen MR) is 65.2 cm³/mol. The van der Waals surface area contributed by atoms with Gasteiger partial charge in [0.1, 0.15) is 0 Å². The molecule has 4 N–H and O–H groups in total. The van der Waals surface area contributed by atoms with Crippen molar-refractivity contribution in [2.75, 3.05) is 5.73 Å². The van der Waals surface area contributed by atoms with Crippen LogP contribution < -0.4 is 11.5 Å². The summed E-state index contributed by atoms with van der Waals surface area (Å²) in [6.45, 7) is 4.17. The van der Waals surface area contributed by atoms with Crippen molar-refractivity contribution in [3.05, 3.63) is 29.8 Å². The Morgan fingerprint density at radius 3 is 2.14 bits per heavy atom. The highest BCUT2D eigenvalue weighted by Crippen LogP contribution is 2.24. The van der Waals surface area contributed by atoms with Crippen LogP contribution in [0.5, 0.6) is 0 Å². The molecule has 0 radical (unpaired) electrons. The van der Waals surface area contributed by atoms with E-state index in [2.05, 4.69) is 6.92 Å². The number of anilines is 1. The monoisotopic (exact) mass is 208 g/mol. The van der Waals surface area contributed by atoms with Gasteiger partial charge in [0.05, 0.1) is 4.99 Å². The summed E-state index contributed by atoms with van der Waals surface area (Å²) in [5.74, 6) is 0.557. The van der Waals surface area contributed by atoms with Gasteiger partial charge in [-0.2, -0.15) is 0 Å². The van der Waals surface area contributed by atoms with Crippen LogP contribution in [0.4, 0.5) is 5.69 Å². The van der Waals surface area contributed by atoms with Gasteiger partial charge in [-0.05, 0) is 23.6 Å². The van der Waals surface area contributed by atoms with Gasteiger partial charge in [0.25, 0.3) is 0 Å². The Morgan fingerprint density at radius 2 is 1.71 bits per heavy atom. The van der Waals surface area contributed by atoms with Crippen molar-refractivity contribution >= 4 is 22.9 Å². The molecule has 0 saturated carbocycles. The first-order valence-corrected chi connectivity index (χ1v) is 5.08. The van der Waals surface area contributed by atoms with Gasteiger partial charge in [0.15, 0.2) is 0 Å². The SMILES string of the molecule is CC(C(N)=S)C(C)c1ccc(N)cc1. The number of hydrogen-bond donors (Lipinski definition) is 2. The summed E-state index contributed by atoms with van der Waals surface area (Å²) < 4.78 is 0. The molecule has 0 bridgehead atoms. The normalized spacial score (nSPS) is 14.7. The van der Waals surface area contributed by atoms with Crippen LogP contribution in [-0.2, 0) is 0 Å². The van der Waals surface area contributed by atoms with Crippen molar-refractivity contribution in [2.45, 2.75) is 19.8 Å². The van der Waals surface area contributed by atoms with Gasteiger partial charge >= 0.3 is 0 Å². The molecule has 0 saturated heterocycles. The van der Waals surface area contributed by atoms with Crippen LogP contribution in [0.3, 0.4) is 0 Å². The number of thiocarbonyl (C=S) groups is 1. The highest BCUT2D eigenvalue weighted by molar-refractivity contribution is 7.80. The van der Waals surface area contributed by atoms with Crippen LogP contribution >= 0.6 is 12.2 Å². The molecule has 0 aliphatic heterocycles. The Labute approximate surface area is 90.3 Å². The molecule has 76 valence electrons. The van der Waals surface area contributed by atoms with Crippen LogP contribution in [0.15, 0.2) is 24.3 Å². The summed E-state index contributed by atoms with van der Waals surface area (Å²) in [6.07, 6.45) is 0. The molecular formula is C11H16N2S. The minimum absolute atomic E-state index is 0.216. The Balaban J connectivity index is 2.84. The van der Waals surface area contributed by atoms with E-state index in [1.165, 1.54) is 5.56 Å². The number of benzene rings is 1. The van der Waals surface area contributed by atoms with E-state index in [9.17, 15) is 0 Å². The van der Waals surface area contributed by atoms with Gasteiger partial charge in [0.2, 0.25) is 0 Å². The van der Waals surface area contributed by atoms with E-state index in [0.717, 1.165) is 5.69 Å². The van der Waals surface area contributed by atoms with Crippen LogP contribution in [0.2, 0.25) is 0 Å². The lowest BCUT2D eigenvalue weighted by Crippen LogP contribution is -2.23. The first-order chi connectivity index (χ1) is 6.52. The molecule has 2 unspecified atom stereocenters. The van der Waals surface area contributed by atoms with Gasteiger partial charge in [-0.1, -0.05) is 38.2 Å². The number of rotatable bonds is 3. The number of hydrogen-bond acceptors (Lipinski definition) is 2. The molecule has 0 fully saturated rings. The first-order valence-electron chi connectivity index (χ1n) is 4.67. The molecule has 1 aromatic carbocycles. The number of nitrogen functional groups attached to an aromatic ring is 1. The van der Waals surface area contributed by atoms with Crippen molar-refractivity contribution in [3.8, 4) is 0 Å². The van der Waals surface area contributed by atoms with E-state index >= 15 is 0 Å². The van der Waals surface area contributed by atoms with Crippen molar-refractivity contribution in [1.82, 2.24) is 0 Å². The third-order valence-electron chi connectivity index (χ3n) is 2.66. The standard InChI is InChI=1S/C11H16N2S/c1-7(8(2)11(13)14)9-3-5-10(12)6-4-9/h3-8H,12H2,1-2H3,(H2,13,14). The Kier molecular flexibility index (Phi) is 3.47. The molecule has 0 aliphatic rings. The molecule has 14 heavy (non-hydrogen) atoms. The van der Waals surface area contributed by atoms with Crippen molar-refractivity contribution < 1.29 is 0 Å². The van der Waals surface area contributed by atoms with Crippen molar-refractivity contribution in [2.24, 2.45) is 11.7 Å². The predicted octanol–water partition coefficient (Wildman–Crippen LogP) is 2.29. The van der Waals surface area contributed by atoms with E-state index in [1.807, 2.05) is 31.2 Å². The van der Waals surface area contributed by atoms with E-state index < -0.39 is 0 Å².